The number of aryl methyl sites for hydroxylation is 1. The molecule has 1 fully saturated rings. The summed E-state index contributed by atoms with van der Waals surface area (Å²) < 4.78 is 2.09. The van der Waals surface area contributed by atoms with Gasteiger partial charge in [-0.15, -0.1) is 0 Å². The van der Waals surface area contributed by atoms with Crippen molar-refractivity contribution in [3.63, 3.8) is 0 Å². The van der Waals surface area contributed by atoms with Crippen LogP contribution in [0.3, 0.4) is 0 Å². The largest absolute Gasteiger partial charge is 0.396 e. The average Bonchev–Trinajstić information content (AvgIpc) is 2.85. The molecule has 2 rings (SSSR count). The molecule has 0 aromatic carbocycles. The third-order valence-corrected chi connectivity index (χ3v) is 3.70. The molecule has 0 amide bonds. The number of nitrogens with zero attached hydrogens (tertiary/aromatic N) is 2. The van der Waals surface area contributed by atoms with Gasteiger partial charge in [0.2, 0.25) is 0 Å². The second-order valence-corrected chi connectivity index (χ2v) is 4.82. The van der Waals surface area contributed by atoms with E-state index < -0.39 is 0 Å². The Kier molecular flexibility index (Phi) is 3.48. The molecular formula is C10H16N2OS. The summed E-state index contributed by atoms with van der Waals surface area (Å²) in [5.74, 6) is 2.46. The van der Waals surface area contributed by atoms with Crippen LogP contribution in [-0.4, -0.2) is 33.0 Å². The van der Waals surface area contributed by atoms with Gasteiger partial charge in [0.1, 0.15) is 0 Å². The number of aliphatic hydroxyl groups excluding tert-OH is 1. The third-order valence-electron chi connectivity index (χ3n) is 2.56. The minimum atomic E-state index is 0.268. The van der Waals surface area contributed by atoms with E-state index in [1.165, 1.54) is 23.5 Å². The maximum atomic E-state index is 8.72. The number of aromatic nitrogens is 2. The van der Waals surface area contributed by atoms with Gasteiger partial charge in [-0.2, -0.15) is 16.9 Å². The van der Waals surface area contributed by atoms with Gasteiger partial charge in [-0.25, -0.2) is 0 Å². The van der Waals surface area contributed by atoms with Crippen LogP contribution in [0.4, 0.5) is 0 Å². The van der Waals surface area contributed by atoms with Gasteiger partial charge in [-0.1, -0.05) is 0 Å². The van der Waals surface area contributed by atoms with E-state index in [-0.39, 0.29) is 6.61 Å². The molecular weight excluding hydrogens is 196 g/mol. The number of thioether (sulfide) groups is 1. The predicted molar refractivity (Wildman–Crippen MR) is 58.6 cm³/mol. The van der Waals surface area contributed by atoms with Crippen LogP contribution in [0.15, 0.2) is 12.4 Å². The third kappa shape index (κ3) is 2.30. The van der Waals surface area contributed by atoms with Crippen LogP contribution in [0, 0.1) is 0 Å². The Morgan fingerprint density at radius 1 is 1.64 bits per heavy atom. The minimum absolute atomic E-state index is 0.268. The van der Waals surface area contributed by atoms with Crippen LogP contribution in [-0.2, 0) is 6.42 Å². The molecule has 4 heteroatoms. The fourth-order valence-corrected chi connectivity index (χ4v) is 2.92. The molecule has 1 aliphatic rings. The predicted octanol–water partition coefficient (Wildman–Crippen LogP) is 1.49. The number of aliphatic hydroxyl groups is 1. The van der Waals surface area contributed by atoms with Gasteiger partial charge in [0.25, 0.3) is 0 Å². The molecule has 1 atom stereocenters. The molecule has 3 nitrogen and oxygen atoms in total. The molecule has 14 heavy (non-hydrogen) atoms. The van der Waals surface area contributed by atoms with Crippen LogP contribution in [0.25, 0.3) is 0 Å². The Balaban J connectivity index is 1.94. The maximum absolute atomic E-state index is 8.72. The van der Waals surface area contributed by atoms with Crippen molar-refractivity contribution >= 4 is 11.8 Å². The molecule has 0 aliphatic carbocycles. The van der Waals surface area contributed by atoms with E-state index >= 15 is 0 Å². The Morgan fingerprint density at radius 2 is 2.57 bits per heavy atom. The molecule has 1 aromatic heterocycles. The summed E-state index contributed by atoms with van der Waals surface area (Å²) >= 11 is 2.00. The van der Waals surface area contributed by atoms with Crippen LogP contribution in [0.1, 0.15) is 24.4 Å². The summed E-state index contributed by atoms with van der Waals surface area (Å²) in [6.07, 6.45) is 7.08. The first-order valence-electron chi connectivity index (χ1n) is 5.12. The molecule has 1 aromatic rings. The molecule has 78 valence electrons. The van der Waals surface area contributed by atoms with E-state index in [0.717, 1.165) is 12.8 Å². The standard InChI is InChI=1S/C10H16N2OS/c13-4-1-2-9-6-11-12(7-9)10-3-5-14-8-10/h6-7,10,13H,1-5,8H2. The van der Waals surface area contributed by atoms with Crippen molar-refractivity contribution in [2.24, 2.45) is 0 Å². The summed E-state index contributed by atoms with van der Waals surface area (Å²) in [5, 5.41) is 13.1. The lowest BCUT2D eigenvalue weighted by Crippen LogP contribution is -2.07. The summed E-state index contributed by atoms with van der Waals surface area (Å²) in [6, 6.07) is 0.600. The quantitative estimate of drug-likeness (QED) is 0.821. The second kappa shape index (κ2) is 4.84. The second-order valence-electron chi connectivity index (χ2n) is 3.67. The monoisotopic (exact) mass is 212 g/mol. The summed E-state index contributed by atoms with van der Waals surface area (Å²) in [6.45, 7) is 0.268. The molecule has 0 radical (unpaired) electrons. The van der Waals surface area contributed by atoms with E-state index in [0.29, 0.717) is 6.04 Å². The minimum Gasteiger partial charge on any atom is -0.396 e. The van der Waals surface area contributed by atoms with Crippen molar-refractivity contribution in [1.82, 2.24) is 9.78 Å². The Hall–Kier alpha value is -0.480. The van der Waals surface area contributed by atoms with E-state index in [1.54, 1.807) is 0 Å². The molecule has 1 saturated heterocycles. The SMILES string of the molecule is OCCCc1cnn(C2CCSC2)c1. The van der Waals surface area contributed by atoms with E-state index in [4.69, 9.17) is 5.11 Å². The molecule has 1 N–H and O–H groups in total. The van der Waals surface area contributed by atoms with E-state index in [9.17, 15) is 0 Å². The van der Waals surface area contributed by atoms with Gasteiger partial charge >= 0.3 is 0 Å². The summed E-state index contributed by atoms with van der Waals surface area (Å²) in [4.78, 5) is 0. The fourth-order valence-electron chi connectivity index (χ4n) is 1.72. The van der Waals surface area contributed by atoms with E-state index in [2.05, 4.69) is 16.0 Å². The highest BCUT2D eigenvalue weighted by Gasteiger charge is 2.17. The molecule has 0 spiro atoms. The Morgan fingerprint density at radius 3 is 3.29 bits per heavy atom. The van der Waals surface area contributed by atoms with Crippen molar-refractivity contribution in [1.29, 1.82) is 0 Å². The van der Waals surface area contributed by atoms with Gasteiger partial charge in [0.05, 0.1) is 12.2 Å². The molecule has 2 heterocycles. The van der Waals surface area contributed by atoms with Gasteiger partial charge < -0.3 is 5.11 Å². The molecule has 0 saturated carbocycles. The number of hydrogen-bond donors (Lipinski definition) is 1. The molecule has 0 bridgehead atoms. The normalized spacial score (nSPS) is 21.6. The lowest BCUT2D eigenvalue weighted by molar-refractivity contribution is 0.288. The van der Waals surface area contributed by atoms with Crippen LogP contribution < -0.4 is 0 Å². The zero-order chi connectivity index (χ0) is 9.80. The van der Waals surface area contributed by atoms with Crippen LogP contribution in [0.5, 0.6) is 0 Å². The van der Waals surface area contributed by atoms with Crippen molar-refractivity contribution in [2.75, 3.05) is 18.1 Å². The Bertz CT molecular complexity index is 281. The highest BCUT2D eigenvalue weighted by atomic mass is 32.2. The highest BCUT2D eigenvalue weighted by Crippen LogP contribution is 2.27. The van der Waals surface area contributed by atoms with Gasteiger partial charge in [-0.05, 0) is 30.6 Å². The van der Waals surface area contributed by atoms with Crippen molar-refractivity contribution in [2.45, 2.75) is 25.3 Å². The first kappa shape index (κ1) is 10.1. The van der Waals surface area contributed by atoms with Crippen LogP contribution in [0.2, 0.25) is 0 Å². The zero-order valence-electron chi connectivity index (χ0n) is 8.22. The Labute approximate surface area is 88.5 Å². The number of rotatable bonds is 4. The maximum Gasteiger partial charge on any atom is 0.0617 e. The first-order chi connectivity index (χ1) is 6.90. The van der Waals surface area contributed by atoms with Crippen LogP contribution >= 0.6 is 11.8 Å². The van der Waals surface area contributed by atoms with Gasteiger partial charge in [-0.3, -0.25) is 4.68 Å². The fraction of sp³-hybridized carbons (Fsp3) is 0.700. The average molecular weight is 212 g/mol. The van der Waals surface area contributed by atoms with Crippen molar-refractivity contribution < 1.29 is 5.11 Å². The molecule has 1 unspecified atom stereocenters. The van der Waals surface area contributed by atoms with E-state index in [1.807, 2.05) is 18.0 Å². The number of hydrogen-bond acceptors (Lipinski definition) is 3. The zero-order valence-corrected chi connectivity index (χ0v) is 9.04. The lowest BCUT2D eigenvalue weighted by atomic mass is 10.2. The smallest absolute Gasteiger partial charge is 0.0617 e. The van der Waals surface area contributed by atoms with Gasteiger partial charge in [0.15, 0.2) is 0 Å². The summed E-state index contributed by atoms with van der Waals surface area (Å²) in [7, 11) is 0. The first-order valence-corrected chi connectivity index (χ1v) is 6.27. The lowest BCUT2D eigenvalue weighted by Gasteiger charge is -2.07. The molecule has 1 aliphatic heterocycles. The highest BCUT2D eigenvalue weighted by molar-refractivity contribution is 7.99. The van der Waals surface area contributed by atoms with Crippen molar-refractivity contribution in [3.05, 3.63) is 18.0 Å². The topological polar surface area (TPSA) is 38.1 Å². The van der Waals surface area contributed by atoms with Gasteiger partial charge in [0, 0.05) is 18.6 Å². The summed E-state index contributed by atoms with van der Waals surface area (Å²) in [5.41, 5.74) is 1.25. The van der Waals surface area contributed by atoms with Crippen molar-refractivity contribution in [3.8, 4) is 0 Å².